The Morgan fingerprint density at radius 1 is 1.12 bits per heavy atom. The zero-order valence-corrected chi connectivity index (χ0v) is 14.8. The average Bonchev–Trinajstić information content (AvgIpc) is 2.67. The van der Waals surface area contributed by atoms with Gasteiger partial charge in [-0.1, -0.05) is 60.8 Å². The Morgan fingerprint density at radius 3 is 2.60 bits per heavy atom. The molecule has 0 spiro atoms. The largest absolute Gasteiger partial charge is 0.343 e. The predicted octanol–water partition coefficient (Wildman–Crippen LogP) is 4.92. The van der Waals surface area contributed by atoms with Gasteiger partial charge >= 0.3 is 0 Å². The van der Waals surface area contributed by atoms with Gasteiger partial charge in [0.1, 0.15) is 6.54 Å². The minimum atomic E-state index is -0.0736. The van der Waals surface area contributed by atoms with Crippen LogP contribution >= 0.6 is 11.6 Å². The van der Waals surface area contributed by atoms with Crippen molar-refractivity contribution in [3.63, 3.8) is 0 Å². The minimum Gasteiger partial charge on any atom is -0.343 e. The maximum atomic E-state index is 12.6. The number of nitriles is 1. The van der Waals surface area contributed by atoms with Crippen LogP contribution in [0, 0.1) is 17.2 Å². The third-order valence-corrected chi connectivity index (χ3v) is 5.21. The van der Waals surface area contributed by atoms with Crippen LogP contribution in [0.4, 0.5) is 0 Å². The van der Waals surface area contributed by atoms with Crippen LogP contribution in [0.15, 0.2) is 48.5 Å². The second-order valence-electron chi connectivity index (χ2n) is 6.47. The van der Waals surface area contributed by atoms with Gasteiger partial charge in [-0.2, -0.15) is 5.26 Å². The molecule has 25 heavy (non-hydrogen) atoms. The van der Waals surface area contributed by atoms with Gasteiger partial charge in [0.2, 0.25) is 5.91 Å². The number of hydrogen-bond donors (Lipinski definition) is 1. The molecule has 2 atom stereocenters. The van der Waals surface area contributed by atoms with Crippen molar-refractivity contribution in [3.05, 3.63) is 59.1 Å². The summed E-state index contributed by atoms with van der Waals surface area (Å²) in [6, 6.07) is 18.1. The van der Waals surface area contributed by atoms with Crippen molar-refractivity contribution in [2.24, 2.45) is 5.92 Å². The molecule has 0 saturated heterocycles. The van der Waals surface area contributed by atoms with Crippen molar-refractivity contribution in [2.75, 3.05) is 6.54 Å². The first-order valence-corrected chi connectivity index (χ1v) is 9.08. The highest BCUT2D eigenvalue weighted by Gasteiger charge is 2.33. The Morgan fingerprint density at radius 2 is 1.84 bits per heavy atom. The molecule has 0 aromatic heterocycles. The van der Waals surface area contributed by atoms with E-state index in [1.807, 2.05) is 42.5 Å². The van der Waals surface area contributed by atoms with E-state index in [9.17, 15) is 4.79 Å². The molecule has 0 radical (unpaired) electrons. The van der Waals surface area contributed by atoms with Crippen molar-refractivity contribution in [1.29, 1.82) is 5.26 Å². The fourth-order valence-corrected chi connectivity index (χ4v) is 3.91. The Hall–Kier alpha value is -2.31. The van der Waals surface area contributed by atoms with Gasteiger partial charge in [0.25, 0.3) is 0 Å². The van der Waals surface area contributed by atoms with E-state index < -0.39 is 0 Å². The summed E-state index contributed by atoms with van der Waals surface area (Å²) in [5, 5.41) is 12.2. The third-order valence-electron chi connectivity index (χ3n) is 4.96. The van der Waals surface area contributed by atoms with Crippen LogP contribution in [-0.2, 0) is 4.79 Å². The van der Waals surface area contributed by atoms with Gasteiger partial charge in [-0.15, -0.1) is 0 Å². The van der Waals surface area contributed by atoms with Crippen LogP contribution in [0.2, 0.25) is 5.02 Å². The van der Waals surface area contributed by atoms with E-state index in [1.54, 1.807) is 0 Å². The highest BCUT2D eigenvalue weighted by atomic mass is 35.5. The van der Waals surface area contributed by atoms with Crippen LogP contribution in [0.3, 0.4) is 0 Å². The quantitative estimate of drug-likeness (QED) is 0.794. The topological polar surface area (TPSA) is 52.9 Å². The standard InChI is InChI=1S/C21H21ClN2O/c22-16-11-9-15(10-12-16)17-5-1-2-6-18(17)19-7-3-4-8-20(19)21(25)24-14-13-23/h1-2,5-6,9-12,19-20H,3-4,7-8,14H2,(H,24,25)/t19?,20-/m1/s1. The monoisotopic (exact) mass is 352 g/mol. The van der Waals surface area contributed by atoms with E-state index in [1.165, 1.54) is 5.56 Å². The summed E-state index contributed by atoms with van der Waals surface area (Å²) in [6.45, 7) is 0.0703. The molecule has 0 heterocycles. The van der Waals surface area contributed by atoms with Gasteiger partial charge in [-0.25, -0.2) is 0 Å². The molecule has 1 fully saturated rings. The number of rotatable bonds is 4. The second-order valence-corrected chi connectivity index (χ2v) is 6.90. The Kier molecular flexibility index (Phi) is 5.73. The number of benzene rings is 2. The Bertz CT molecular complexity index is 779. The van der Waals surface area contributed by atoms with Crippen LogP contribution < -0.4 is 5.32 Å². The molecule has 3 nitrogen and oxygen atoms in total. The number of nitrogens with zero attached hydrogens (tertiary/aromatic N) is 1. The minimum absolute atomic E-state index is 0.00263. The molecule has 2 aromatic carbocycles. The van der Waals surface area contributed by atoms with Gasteiger partial charge in [0.05, 0.1) is 6.07 Å². The highest BCUT2D eigenvalue weighted by Crippen LogP contribution is 2.42. The molecule has 1 amide bonds. The van der Waals surface area contributed by atoms with E-state index in [4.69, 9.17) is 16.9 Å². The van der Waals surface area contributed by atoms with E-state index in [2.05, 4.69) is 17.4 Å². The highest BCUT2D eigenvalue weighted by molar-refractivity contribution is 6.30. The van der Waals surface area contributed by atoms with Gasteiger partial charge < -0.3 is 5.32 Å². The van der Waals surface area contributed by atoms with E-state index in [0.717, 1.165) is 36.8 Å². The number of carbonyl (C=O) groups is 1. The molecule has 1 unspecified atom stereocenters. The zero-order chi connectivity index (χ0) is 17.6. The molecule has 1 aliphatic rings. The maximum absolute atomic E-state index is 12.6. The van der Waals surface area contributed by atoms with Gasteiger partial charge in [0, 0.05) is 10.9 Å². The molecule has 0 bridgehead atoms. The lowest BCUT2D eigenvalue weighted by Crippen LogP contribution is -2.36. The number of hydrogen-bond acceptors (Lipinski definition) is 2. The van der Waals surface area contributed by atoms with Crippen molar-refractivity contribution in [2.45, 2.75) is 31.6 Å². The molecule has 1 aliphatic carbocycles. The van der Waals surface area contributed by atoms with Crippen LogP contribution in [0.5, 0.6) is 0 Å². The first-order chi connectivity index (χ1) is 12.2. The first-order valence-electron chi connectivity index (χ1n) is 8.70. The number of carbonyl (C=O) groups excluding carboxylic acids is 1. The molecule has 0 aliphatic heterocycles. The molecule has 2 aromatic rings. The number of halogens is 1. The molecule has 3 rings (SSSR count). The predicted molar refractivity (Wildman–Crippen MR) is 100 cm³/mol. The summed E-state index contributed by atoms with van der Waals surface area (Å²) in [7, 11) is 0. The number of amides is 1. The van der Waals surface area contributed by atoms with Gasteiger partial charge in [0.15, 0.2) is 0 Å². The van der Waals surface area contributed by atoms with Crippen molar-refractivity contribution in [1.82, 2.24) is 5.32 Å². The summed E-state index contributed by atoms with van der Waals surface area (Å²) in [5.74, 6) is 0.104. The summed E-state index contributed by atoms with van der Waals surface area (Å²) < 4.78 is 0. The van der Waals surface area contributed by atoms with Crippen molar-refractivity contribution < 1.29 is 4.79 Å². The lowest BCUT2D eigenvalue weighted by atomic mass is 9.73. The lowest BCUT2D eigenvalue weighted by molar-refractivity contribution is -0.126. The molecule has 4 heteroatoms. The summed E-state index contributed by atoms with van der Waals surface area (Å²) in [4.78, 5) is 12.6. The average molecular weight is 353 g/mol. The molecular formula is C21H21ClN2O. The SMILES string of the molecule is N#CCNC(=O)[C@@H]1CCCCC1c1ccccc1-c1ccc(Cl)cc1. The Balaban J connectivity index is 1.95. The fourth-order valence-electron chi connectivity index (χ4n) is 3.79. The summed E-state index contributed by atoms with van der Waals surface area (Å²) >= 11 is 6.02. The van der Waals surface area contributed by atoms with Crippen LogP contribution in [0.25, 0.3) is 11.1 Å². The smallest absolute Gasteiger partial charge is 0.224 e. The number of nitrogens with one attached hydrogen (secondary N) is 1. The van der Waals surface area contributed by atoms with Crippen molar-refractivity contribution >= 4 is 17.5 Å². The second kappa shape index (κ2) is 8.18. The third kappa shape index (κ3) is 4.03. The lowest BCUT2D eigenvalue weighted by Gasteiger charge is -2.32. The normalized spacial score (nSPS) is 19.8. The maximum Gasteiger partial charge on any atom is 0.224 e. The Labute approximate surface area is 153 Å². The van der Waals surface area contributed by atoms with Crippen molar-refractivity contribution in [3.8, 4) is 17.2 Å². The van der Waals surface area contributed by atoms with E-state index in [-0.39, 0.29) is 24.3 Å². The molecule has 128 valence electrons. The summed E-state index contributed by atoms with van der Waals surface area (Å²) in [6.07, 6.45) is 4.05. The summed E-state index contributed by atoms with van der Waals surface area (Å²) in [5.41, 5.74) is 3.48. The zero-order valence-electron chi connectivity index (χ0n) is 14.0. The molecular weight excluding hydrogens is 332 g/mol. The first kappa shape index (κ1) is 17.5. The van der Waals surface area contributed by atoms with Crippen LogP contribution in [0.1, 0.15) is 37.2 Å². The molecule has 1 N–H and O–H groups in total. The van der Waals surface area contributed by atoms with E-state index in [0.29, 0.717) is 5.02 Å². The van der Waals surface area contributed by atoms with Gasteiger partial charge in [-0.3, -0.25) is 4.79 Å². The van der Waals surface area contributed by atoms with Crippen LogP contribution in [-0.4, -0.2) is 12.5 Å². The van der Waals surface area contributed by atoms with Gasteiger partial charge in [-0.05, 0) is 47.6 Å². The fraction of sp³-hybridized carbons (Fsp3) is 0.333. The van der Waals surface area contributed by atoms with E-state index >= 15 is 0 Å². The molecule has 1 saturated carbocycles.